The van der Waals surface area contributed by atoms with Gasteiger partial charge in [0.15, 0.2) is 5.54 Å². The molecule has 0 bridgehead atoms. The van der Waals surface area contributed by atoms with E-state index < -0.39 is 17.6 Å². The summed E-state index contributed by atoms with van der Waals surface area (Å²) in [7, 11) is 3.53. The fourth-order valence-corrected chi connectivity index (χ4v) is 1.11. The standard InChI is InChI=1S/C11H15F3N4O/c1-10(15,11(12,13)14)9(19)17-7-4-5-8(16-6-7)18(2)3/h4-6H,15H2,1-3H3,(H,17,19). The molecule has 1 aromatic rings. The zero-order chi connectivity index (χ0) is 14.8. The lowest BCUT2D eigenvalue weighted by Gasteiger charge is -2.26. The molecular weight excluding hydrogens is 261 g/mol. The van der Waals surface area contributed by atoms with Gasteiger partial charge in [-0.25, -0.2) is 4.98 Å². The lowest BCUT2D eigenvalue weighted by molar-refractivity contribution is -0.184. The zero-order valence-corrected chi connectivity index (χ0v) is 10.7. The van der Waals surface area contributed by atoms with Crippen molar-refractivity contribution in [3.63, 3.8) is 0 Å². The maximum atomic E-state index is 12.5. The van der Waals surface area contributed by atoms with E-state index >= 15 is 0 Å². The molecule has 0 saturated carbocycles. The van der Waals surface area contributed by atoms with Gasteiger partial charge < -0.3 is 16.0 Å². The molecule has 0 aliphatic heterocycles. The monoisotopic (exact) mass is 276 g/mol. The number of carbonyl (C=O) groups excluding carboxylic acids is 1. The molecule has 1 aromatic heterocycles. The molecule has 0 fully saturated rings. The number of amides is 1. The van der Waals surface area contributed by atoms with E-state index in [2.05, 4.69) is 10.3 Å². The first kappa shape index (κ1) is 15.2. The van der Waals surface area contributed by atoms with Crippen LogP contribution >= 0.6 is 0 Å². The summed E-state index contributed by atoms with van der Waals surface area (Å²) in [5.74, 6) is -0.719. The first-order valence-electron chi connectivity index (χ1n) is 5.36. The number of aromatic nitrogens is 1. The van der Waals surface area contributed by atoms with Crippen LogP contribution in [0.3, 0.4) is 0 Å². The number of alkyl halides is 3. The highest BCUT2D eigenvalue weighted by atomic mass is 19.4. The van der Waals surface area contributed by atoms with Crippen LogP contribution in [-0.4, -0.2) is 36.7 Å². The predicted octanol–water partition coefficient (Wildman–Crippen LogP) is 1.37. The highest BCUT2D eigenvalue weighted by Crippen LogP contribution is 2.29. The largest absolute Gasteiger partial charge is 0.415 e. The van der Waals surface area contributed by atoms with Gasteiger partial charge in [-0.05, 0) is 19.1 Å². The molecule has 8 heteroatoms. The van der Waals surface area contributed by atoms with Crippen molar-refractivity contribution in [2.24, 2.45) is 5.73 Å². The van der Waals surface area contributed by atoms with Gasteiger partial charge in [0, 0.05) is 14.1 Å². The summed E-state index contributed by atoms with van der Waals surface area (Å²) in [6, 6.07) is 3.02. The minimum absolute atomic E-state index is 0.150. The third kappa shape index (κ3) is 3.34. The third-order valence-electron chi connectivity index (χ3n) is 2.52. The number of hydrogen-bond acceptors (Lipinski definition) is 4. The van der Waals surface area contributed by atoms with Crippen LogP contribution in [0.5, 0.6) is 0 Å². The SMILES string of the molecule is CN(C)c1ccc(NC(=O)C(C)(N)C(F)(F)F)cn1. The average molecular weight is 276 g/mol. The summed E-state index contributed by atoms with van der Waals surface area (Å²) >= 11 is 0. The molecule has 0 saturated heterocycles. The van der Waals surface area contributed by atoms with Gasteiger partial charge in [-0.1, -0.05) is 0 Å². The summed E-state index contributed by atoms with van der Waals surface area (Å²) in [5.41, 5.74) is 2.20. The zero-order valence-electron chi connectivity index (χ0n) is 10.7. The number of anilines is 2. The van der Waals surface area contributed by atoms with Crippen LogP contribution in [-0.2, 0) is 4.79 Å². The van der Waals surface area contributed by atoms with Crippen LogP contribution in [0.2, 0.25) is 0 Å². The Kier molecular flexibility index (Phi) is 4.04. The van der Waals surface area contributed by atoms with Gasteiger partial charge in [-0.2, -0.15) is 13.2 Å². The molecule has 0 aromatic carbocycles. The molecule has 1 atom stereocenters. The molecule has 1 unspecified atom stereocenters. The van der Waals surface area contributed by atoms with Crippen molar-refractivity contribution in [2.45, 2.75) is 18.6 Å². The Labute approximate surface area is 108 Å². The first-order valence-corrected chi connectivity index (χ1v) is 5.36. The van der Waals surface area contributed by atoms with Crippen LogP contribution in [0.1, 0.15) is 6.92 Å². The van der Waals surface area contributed by atoms with Gasteiger partial charge in [0.1, 0.15) is 5.82 Å². The van der Waals surface area contributed by atoms with E-state index in [-0.39, 0.29) is 5.69 Å². The minimum atomic E-state index is -4.83. The number of nitrogens with one attached hydrogen (secondary N) is 1. The normalized spacial score (nSPS) is 14.7. The third-order valence-corrected chi connectivity index (χ3v) is 2.52. The molecule has 106 valence electrons. The summed E-state index contributed by atoms with van der Waals surface area (Å²) in [5, 5.41) is 2.09. The van der Waals surface area contributed by atoms with Crippen LogP contribution in [0, 0.1) is 0 Å². The van der Waals surface area contributed by atoms with E-state index in [4.69, 9.17) is 5.73 Å². The molecule has 5 nitrogen and oxygen atoms in total. The number of nitrogens with two attached hydrogens (primary N) is 1. The number of pyridine rings is 1. The Morgan fingerprint density at radius 2 is 1.95 bits per heavy atom. The number of halogens is 3. The fourth-order valence-electron chi connectivity index (χ4n) is 1.11. The molecule has 0 spiro atoms. The molecule has 1 amide bonds. The van der Waals surface area contributed by atoms with Gasteiger partial charge in [-0.15, -0.1) is 0 Å². The Bertz CT molecular complexity index is 454. The Balaban J connectivity index is 2.83. The van der Waals surface area contributed by atoms with Crippen LogP contribution in [0.15, 0.2) is 18.3 Å². The molecule has 0 aliphatic rings. The van der Waals surface area contributed by atoms with E-state index in [0.29, 0.717) is 12.7 Å². The fraction of sp³-hybridized carbons (Fsp3) is 0.455. The van der Waals surface area contributed by atoms with Crippen molar-refractivity contribution in [2.75, 3.05) is 24.3 Å². The average Bonchev–Trinajstić information content (AvgIpc) is 2.28. The van der Waals surface area contributed by atoms with E-state index in [1.807, 2.05) is 0 Å². The van der Waals surface area contributed by atoms with E-state index in [1.54, 1.807) is 25.1 Å². The Hall–Kier alpha value is -1.83. The number of carbonyl (C=O) groups is 1. The van der Waals surface area contributed by atoms with Gasteiger partial charge in [0.05, 0.1) is 11.9 Å². The van der Waals surface area contributed by atoms with Gasteiger partial charge in [0.25, 0.3) is 5.91 Å². The van der Waals surface area contributed by atoms with E-state index in [1.165, 1.54) is 12.3 Å². The predicted molar refractivity (Wildman–Crippen MR) is 65.8 cm³/mol. The smallest absolute Gasteiger partial charge is 0.363 e. The quantitative estimate of drug-likeness (QED) is 0.874. The highest BCUT2D eigenvalue weighted by molar-refractivity contribution is 5.98. The number of rotatable bonds is 3. The van der Waals surface area contributed by atoms with E-state index in [9.17, 15) is 18.0 Å². The summed E-state index contributed by atoms with van der Waals surface area (Å²) in [4.78, 5) is 17.2. The highest BCUT2D eigenvalue weighted by Gasteiger charge is 2.53. The number of nitrogens with zero attached hydrogens (tertiary/aromatic N) is 2. The van der Waals surface area contributed by atoms with Crippen molar-refractivity contribution in [1.82, 2.24) is 4.98 Å². The topological polar surface area (TPSA) is 71.2 Å². The lowest BCUT2D eigenvalue weighted by Crippen LogP contribution is -2.59. The molecule has 1 heterocycles. The second-order valence-electron chi connectivity index (χ2n) is 4.45. The first-order chi connectivity index (χ1) is 8.55. The molecular formula is C11H15F3N4O. The van der Waals surface area contributed by atoms with Gasteiger partial charge in [0.2, 0.25) is 0 Å². The summed E-state index contributed by atoms with van der Waals surface area (Å²) in [6.45, 7) is 0.615. The molecule has 0 radical (unpaired) electrons. The number of hydrogen-bond donors (Lipinski definition) is 2. The summed E-state index contributed by atoms with van der Waals surface area (Å²) < 4.78 is 37.6. The second-order valence-corrected chi connectivity index (χ2v) is 4.45. The lowest BCUT2D eigenvalue weighted by atomic mass is 10.0. The van der Waals surface area contributed by atoms with Gasteiger partial charge in [-0.3, -0.25) is 4.79 Å². The Morgan fingerprint density at radius 1 is 1.37 bits per heavy atom. The van der Waals surface area contributed by atoms with Crippen molar-refractivity contribution < 1.29 is 18.0 Å². The maximum absolute atomic E-state index is 12.5. The van der Waals surface area contributed by atoms with Crippen LogP contribution < -0.4 is 16.0 Å². The minimum Gasteiger partial charge on any atom is -0.363 e. The van der Waals surface area contributed by atoms with Crippen molar-refractivity contribution in [3.05, 3.63) is 18.3 Å². The summed E-state index contributed by atoms with van der Waals surface area (Å²) in [6.07, 6.45) is -3.56. The van der Waals surface area contributed by atoms with Crippen molar-refractivity contribution in [3.8, 4) is 0 Å². The molecule has 3 N–H and O–H groups in total. The van der Waals surface area contributed by atoms with Crippen molar-refractivity contribution >= 4 is 17.4 Å². The second kappa shape index (κ2) is 5.04. The van der Waals surface area contributed by atoms with Crippen LogP contribution in [0.4, 0.5) is 24.7 Å². The van der Waals surface area contributed by atoms with Gasteiger partial charge >= 0.3 is 6.18 Å². The molecule has 0 aliphatic carbocycles. The Morgan fingerprint density at radius 3 is 2.32 bits per heavy atom. The maximum Gasteiger partial charge on any atom is 0.415 e. The molecule has 19 heavy (non-hydrogen) atoms. The van der Waals surface area contributed by atoms with Crippen LogP contribution in [0.25, 0.3) is 0 Å². The molecule has 1 rings (SSSR count). The van der Waals surface area contributed by atoms with E-state index in [0.717, 1.165) is 0 Å². The van der Waals surface area contributed by atoms with Crippen molar-refractivity contribution in [1.29, 1.82) is 0 Å².